The lowest BCUT2D eigenvalue weighted by Crippen LogP contribution is -2.44. The first kappa shape index (κ1) is 29.9. The number of nitrogens with one attached hydrogen (secondary N) is 2. The zero-order valence-corrected chi connectivity index (χ0v) is 25.6. The van der Waals surface area contributed by atoms with Gasteiger partial charge in [0.15, 0.2) is 0 Å². The van der Waals surface area contributed by atoms with Crippen molar-refractivity contribution in [1.29, 1.82) is 0 Å². The normalized spacial score (nSPS) is 12.6. The summed E-state index contributed by atoms with van der Waals surface area (Å²) < 4.78 is 5.97. The SMILES string of the molecule is CCCNC(=O)C1(CCCCc2ccc(NC(=O)c3ccccc3Oc3ccccc3)cc2)c2ccccc2-c2ccccc21. The number of carbonyl (C=O) groups is 2. The van der Waals surface area contributed by atoms with E-state index in [2.05, 4.69) is 66.1 Å². The fraction of sp³-hybridized carbons (Fsp3) is 0.200. The van der Waals surface area contributed by atoms with Gasteiger partial charge in [-0.05, 0) is 89.9 Å². The summed E-state index contributed by atoms with van der Waals surface area (Å²) in [6, 6.07) is 41.4. The molecule has 0 aromatic heterocycles. The van der Waals surface area contributed by atoms with Crippen molar-refractivity contribution in [2.75, 3.05) is 11.9 Å². The van der Waals surface area contributed by atoms with Crippen LogP contribution in [0.5, 0.6) is 11.5 Å². The molecule has 0 unspecified atom stereocenters. The molecule has 5 nitrogen and oxygen atoms in total. The highest BCUT2D eigenvalue weighted by Crippen LogP contribution is 2.51. The van der Waals surface area contributed by atoms with Crippen LogP contribution in [0.1, 0.15) is 59.7 Å². The standard InChI is InChI=1S/C40H38N2O3/c1-2-28-41-39(44)40(35-20-9-6-17-32(35)33-18-7-10-21-36(33)40)27-13-12-14-29-23-25-30(26-24-29)42-38(43)34-19-8-11-22-37(34)45-31-15-4-3-5-16-31/h3-11,15-26H,2,12-14,27-28H2,1H3,(H,41,44)(H,42,43). The minimum atomic E-state index is -0.684. The molecule has 0 fully saturated rings. The topological polar surface area (TPSA) is 67.4 Å². The first-order chi connectivity index (χ1) is 22.1. The Morgan fingerprint density at radius 1 is 0.689 bits per heavy atom. The van der Waals surface area contributed by atoms with Gasteiger partial charge in [-0.2, -0.15) is 0 Å². The molecule has 0 atom stereocenters. The number of para-hydroxylation sites is 2. The monoisotopic (exact) mass is 594 g/mol. The van der Waals surface area contributed by atoms with Crippen molar-refractivity contribution < 1.29 is 14.3 Å². The zero-order valence-electron chi connectivity index (χ0n) is 25.6. The Kier molecular flexibility index (Phi) is 9.06. The maximum absolute atomic E-state index is 13.9. The molecule has 6 rings (SSSR count). The lowest BCUT2D eigenvalue weighted by molar-refractivity contribution is -0.125. The second-order valence-electron chi connectivity index (χ2n) is 11.5. The van der Waals surface area contributed by atoms with Crippen molar-refractivity contribution in [2.45, 2.75) is 44.4 Å². The van der Waals surface area contributed by atoms with E-state index in [4.69, 9.17) is 4.74 Å². The predicted octanol–water partition coefficient (Wildman–Crippen LogP) is 8.94. The Morgan fingerprint density at radius 3 is 2.00 bits per heavy atom. The molecule has 0 spiro atoms. The van der Waals surface area contributed by atoms with Crippen LogP contribution in [0.3, 0.4) is 0 Å². The molecule has 1 aliphatic rings. The molecule has 2 N–H and O–H groups in total. The van der Waals surface area contributed by atoms with Crippen LogP contribution >= 0.6 is 0 Å². The number of aryl methyl sites for hydroxylation is 1. The number of fused-ring (bicyclic) bond motifs is 3. The van der Waals surface area contributed by atoms with Crippen molar-refractivity contribution in [1.82, 2.24) is 5.32 Å². The number of ether oxygens (including phenoxy) is 1. The van der Waals surface area contributed by atoms with Gasteiger partial charge in [0.05, 0.1) is 5.56 Å². The molecule has 5 aromatic rings. The van der Waals surface area contributed by atoms with Crippen LogP contribution in [-0.2, 0) is 16.6 Å². The van der Waals surface area contributed by atoms with Crippen LogP contribution in [0.4, 0.5) is 5.69 Å². The molecule has 0 aliphatic heterocycles. The number of hydrogen-bond acceptors (Lipinski definition) is 3. The molecular formula is C40H38N2O3. The summed E-state index contributed by atoms with van der Waals surface area (Å²) in [5, 5.41) is 6.23. The highest BCUT2D eigenvalue weighted by Gasteiger charge is 2.48. The average molecular weight is 595 g/mol. The Hall–Kier alpha value is -5.16. The van der Waals surface area contributed by atoms with Crippen LogP contribution in [0.15, 0.2) is 127 Å². The molecule has 0 heterocycles. The van der Waals surface area contributed by atoms with Crippen molar-refractivity contribution in [3.8, 4) is 22.6 Å². The molecular weight excluding hydrogens is 556 g/mol. The van der Waals surface area contributed by atoms with Crippen molar-refractivity contribution in [3.63, 3.8) is 0 Å². The smallest absolute Gasteiger partial charge is 0.259 e. The largest absolute Gasteiger partial charge is 0.457 e. The Labute approximate surface area is 265 Å². The summed E-state index contributed by atoms with van der Waals surface area (Å²) in [7, 11) is 0. The summed E-state index contributed by atoms with van der Waals surface area (Å²) in [6.45, 7) is 2.75. The van der Waals surface area contributed by atoms with Gasteiger partial charge in [-0.3, -0.25) is 9.59 Å². The molecule has 45 heavy (non-hydrogen) atoms. The average Bonchev–Trinajstić information content (AvgIpc) is 3.37. The third-order valence-corrected chi connectivity index (χ3v) is 8.57. The molecule has 2 amide bonds. The highest BCUT2D eigenvalue weighted by atomic mass is 16.5. The Balaban J connectivity index is 1.10. The fourth-order valence-corrected chi connectivity index (χ4v) is 6.37. The number of hydrogen-bond donors (Lipinski definition) is 2. The van der Waals surface area contributed by atoms with E-state index in [9.17, 15) is 9.59 Å². The van der Waals surface area contributed by atoms with Crippen molar-refractivity contribution in [3.05, 3.63) is 150 Å². The number of benzene rings is 5. The Bertz CT molecular complexity index is 1730. The van der Waals surface area contributed by atoms with Gasteiger partial charge >= 0.3 is 0 Å². The van der Waals surface area contributed by atoms with Gasteiger partial charge in [-0.1, -0.05) is 104 Å². The van der Waals surface area contributed by atoms with Crippen LogP contribution in [0.25, 0.3) is 11.1 Å². The molecule has 226 valence electrons. The van der Waals surface area contributed by atoms with E-state index in [1.54, 1.807) is 12.1 Å². The first-order valence-electron chi connectivity index (χ1n) is 15.8. The van der Waals surface area contributed by atoms with Gasteiger partial charge in [0, 0.05) is 12.2 Å². The Morgan fingerprint density at radius 2 is 1.31 bits per heavy atom. The minimum absolute atomic E-state index is 0.0950. The van der Waals surface area contributed by atoms with Crippen LogP contribution in [-0.4, -0.2) is 18.4 Å². The number of rotatable bonds is 12. The third kappa shape index (κ3) is 6.25. The summed E-state index contributed by atoms with van der Waals surface area (Å²) >= 11 is 0. The quantitative estimate of drug-likeness (QED) is 0.142. The molecule has 0 saturated carbocycles. The van der Waals surface area contributed by atoms with E-state index in [0.29, 0.717) is 23.6 Å². The van der Waals surface area contributed by atoms with Crippen molar-refractivity contribution >= 4 is 17.5 Å². The minimum Gasteiger partial charge on any atom is -0.457 e. The van der Waals surface area contributed by atoms with Crippen molar-refractivity contribution in [2.24, 2.45) is 0 Å². The van der Waals surface area contributed by atoms with Crippen LogP contribution in [0, 0.1) is 0 Å². The fourth-order valence-electron chi connectivity index (χ4n) is 6.37. The number of anilines is 1. The number of amides is 2. The summed E-state index contributed by atoms with van der Waals surface area (Å²) in [5.74, 6) is 1.05. The molecule has 0 radical (unpaired) electrons. The molecule has 0 bridgehead atoms. The van der Waals surface area contributed by atoms with Crippen LogP contribution in [0.2, 0.25) is 0 Å². The summed E-state index contributed by atoms with van der Waals surface area (Å²) in [5.41, 5.74) is 6.24. The van der Waals surface area contributed by atoms with Crippen LogP contribution < -0.4 is 15.4 Å². The van der Waals surface area contributed by atoms with Gasteiger partial charge < -0.3 is 15.4 Å². The van der Waals surface area contributed by atoms with E-state index >= 15 is 0 Å². The first-order valence-corrected chi connectivity index (χ1v) is 15.8. The van der Waals surface area contributed by atoms with Gasteiger partial charge in [-0.25, -0.2) is 0 Å². The van der Waals surface area contributed by atoms with E-state index in [1.165, 1.54) is 5.56 Å². The van der Waals surface area contributed by atoms with Gasteiger partial charge in [0.1, 0.15) is 16.9 Å². The van der Waals surface area contributed by atoms with E-state index in [1.807, 2.05) is 66.7 Å². The number of carbonyl (C=O) groups excluding carboxylic acids is 2. The maximum atomic E-state index is 13.9. The lowest BCUT2D eigenvalue weighted by Gasteiger charge is -2.31. The van der Waals surface area contributed by atoms with E-state index in [0.717, 1.165) is 60.0 Å². The predicted molar refractivity (Wildman–Crippen MR) is 181 cm³/mol. The maximum Gasteiger partial charge on any atom is 0.259 e. The molecule has 1 aliphatic carbocycles. The zero-order chi connectivity index (χ0) is 31.1. The summed E-state index contributed by atoms with van der Waals surface area (Å²) in [4.78, 5) is 27.1. The van der Waals surface area contributed by atoms with E-state index in [-0.39, 0.29) is 11.8 Å². The molecule has 0 saturated heterocycles. The van der Waals surface area contributed by atoms with Gasteiger partial charge in [-0.15, -0.1) is 0 Å². The third-order valence-electron chi connectivity index (χ3n) is 8.57. The highest BCUT2D eigenvalue weighted by molar-refractivity contribution is 6.06. The molecule has 5 heteroatoms. The van der Waals surface area contributed by atoms with Gasteiger partial charge in [0.25, 0.3) is 5.91 Å². The van der Waals surface area contributed by atoms with Gasteiger partial charge in [0.2, 0.25) is 5.91 Å². The number of unbranched alkanes of at least 4 members (excludes halogenated alkanes) is 1. The molecule has 5 aromatic carbocycles. The lowest BCUT2D eigenvalue weighted by atomic mass is 9.73. The second kappa shape index (κ2) is 13.6. The summed E-state index contributed by atoms with van der Waals surface area (Å²) in [6.07, 6.45) is 4.38. The van der Waals surface area contributed by atoms with E-state index < -0.39 is 5.41 Å². The second-order valence-corrected chi connectivity index (χ2v) is 11.5.